The molecule has 0 aliphatic rings. The number of benzene rings is 1. The predicted molar refractivity (Wildman–Crippen MR) is 109 cm³/mol. The summed E-state index contributed by atoms with van der Waals surface area (Å²) >= 11 is 12.0. The van der Waals surface area contributed by atoms with Gasteiger partial charge in [0.25, 0.3) is 0 Å². The Balaban J connectivity index is 3.83. The van der Waals surface area contributed by atoms with Crippen molar-refractivity contribution in [1.29, 1.82) is 0 Å². The highest BCUT2D eigenvalue weighted by atomic mass is 35.5. The van der Waals surface area contributed by atoms with Crippen LogP contribution in [0.5, 0.6) is 0 Å². The summed E-state index contributed by atoms with van der Waals surface area (Å²) in [5, 5.41) is 2.83. The predicted octanol–water partition coefficient (Wildman–Crippen LogP) is 7.38. The molecule has 1 aromatic rings. The zero-order valence-electron chi connectivity index (χ0n) is 15.5. The minimum atomic E-state index is -0.724. The first-order valence-corrected chi connectivity index (χ1v) is 9.40. The molecule has 1 aromatic carbocycles. The van der Waals surface area contributed by atoms with Gasteiger partial charge in [0.1, 0.15) is 11.6 Å². The Morgan fingerprint density at radius 3 is 2.27 bits per heavy atom. The number of alkyl halides is 1. The Bertz CT molecular complexity index is 709. The van der Waals surface area contributed by atoms with Gasteiger partial charge in [-0.05, 0) is 63.1 Å². The Morgan fingerprint density at radius 2 is 1.81 bits per heavy atom. The van der Waals surface area contributed by atoms with Crippen molar-refractivity contribution < 1.29 is 8.78 Å². The number of hydrogen-bond donors (Lipinski definition) is 1. The van der Waals surface area contributed by atoms with Crippen LogP contribution in [0.3, 0.4) is 0 Å². The fourth-order valence-electron chi connectivity index (χ4n) is 2.59. The highest BCUT2D eigenvalue weighted by Crippen LogP contribution is 2.32. The van der Waals surface area contributed by atoms with Crippen LogP contribution in [0, 0.1) is 11.6 Å². The van der Waals surface area contributed by atoms with Crippen molar-refractivity contribution >= 4 is 28.9 Å². The summed E-state index contributed by atoms with van der Waals surface area (Å²) in [5.41, 5.74) is 1.82. The fraction of sp³-hybridized carbons (Fsp3) is 0.333. The summed E-state index contributed by atoms with van der Waals surface area (Å²) in [6, 6.07) is 2.22. The second kappa shape index (κ2) is 11.2. The van der Waals surface area contributed by atoms with Gasteiger partial charge in [-0.25, -0.2) is 8.78 Å². The van der Waals surface area contributed by atoms with Crippen LogP contribution < -0.4 is 5.32 Å². The van der Waals surface area contributed by atoms with Crippen LogP contribution in [0.2, 0.25) is 5.02 Å². The second-order valence-electron chi connectivity index (χ2n) is 5.79. The van der Waals surface area contributed by atoms with Crippen molar-refractivity contribution in [3.63, 3.8) is 0 Å². The summed E-state index contributed by atoms with van der Waals surface area (Å²) in [5.74, 6) is -1.45. The van der Waals surface area contributed by atoms with Gasteiger partial charge in [0.05, 0.1) is 11.3 Å². The molecule has 1 unspecified atom stereocenters. The van der Waals surface area contributed by atoms with Gasteiger partial charge in [-0.3, -0.25) is 0 Å². The molecular formula is C21H25Cl2F2N. The lowest BCUT2D eigenvalue weighted by molar-refractivity contribution is 0.575. The maximum Gasteiger partial charge on any atom is 0.136 e. The van der Waals surface area contributed by atoms with E-state index in [4.69, 9.17) is 23.2 Å². The van der Waals surface area contributed by atoms with E-state index in [9.17, 15) is 8.78 Å². The van der Waals surface area contributed by atoms with Crippen molar-refractivity contribution in [3.05, 3.63) is 76.0 Å². The molecule has 0 bridgehead atoms. The highest BCUT2D eigenvalue weighted by Gasteiger charge is 2.21. The van der Waals surface area contributed by atoms with Crippen molar-refractivity contribution in [3.8, 4) is 0 Å². The average Bonchev–Trinajstić information content (AvgIpc) is 2.54. The van der Waals surface area contributed by atoms with Gasteiger partial charge in [-0.1, -0.05) is 42.8 Å². The molecule has 0 heterocycles. The number of nitrogens with one attached hydrogen (secondary N) is 1. The first kappa shape index (κ1) is 22.5. The highest BCUT2D eigenvalue weighted by molar-refractivity contribution is 6.30. The molecule has 0 radical (unpaired) electrons. The molecule has 1 N–H and O–H groups in total. The first-order valence-electron chi connectivity index (χ1n) is 8.58. The Labute approximate surface area is 165 Å². The van der Waals surface area contributed by atoms with Crippen molar-refractivity contribution in [2.75, 3.05) is 0 Å². The summed E-state index contributed by atoms with van der Waals surface area (Å²) in [6.07, 6.45) is 10.4. The maximum absolute atomic E-state index is 14.6. The molecule has 26 heavy (non-hydrogen) atoms. The third-order valence-electron chi connectivity index (χ3n) is 3.56. The van der Waals surface area contributed by atoms with E-state index in [0.29, 0.717) is 12.1 Å². The number of hydrogen-bond acceptors (Lipinski definition) is 1. The minimum absolute atomic E-state index is 0.0131. The molecule has 1 atom stereocenters. The van der Waals surface area contributed by atoms with E-state index in [1.165, 1.54) is 0 Å². The fourth-order valence-corrected chi connectivity index (χ4v) is 2.94. The van der Waals surface area contributed by atoms with Gasteiger partial charge >= 0.3 is 0 Å². The van der Waals surface area contributed by atoms with Gasteiger partial charge in [-0.15, -0.1) is 11.6 Å². The monoisotopic (exact) mass is 399 g/mol. The van der Waals surface area contributed by atoms with Gasteiger partial charge < -0.3 is 5.32 Å². The van der Waals surface area contributed by atoms with Gasteiger partial charge in [0, 0.05) is 10.4 Å². The van der Waals surface area contributed by atoms with Crippen molar-refractivity contribution in [2.24, 2.45) is 0 Å². The van der Waals surface area contributed by atoms with Crippen LogP contribution in [-0.2, 0) is 0 Å². The van der Waals surface area contributed by atoms with Crippen LogP contribution in [-0.4, -0.2) is 5.38 Å². The molecule has 0 aliphatic carbocycles. The van der Waals surface area contributed by atoms with Crippen LogP contribution in [0.15, 0.2) is 53.8 Å². The van der Waals surface area contributed by atoms with Gasteiger partial charge in [0.2, 0.25) is 0 Å². The first-order chi connectivity index (χ1) is 12.3. The van der Waals surface area contributed by atoms with Crippen molar-refractivity contribution in [2.45, 2.75) is 45.9 Å². The quantitative estimate of drug-likeness (QED) is 0.355. The summed E-state index contributed by atoms with van der Waals surface area (Å²) in [6.45, 7) is 7.57. The van der Waals surface area contributed by atoms with Crippen LogP contribution in [0.4, 0.5) is 8.78 Å². The third kappa shape index (κ3) is 6.30. The molecule has 142 valence electrons. The van der Waals surface area contributed by atoms with Crippen molar-refractivity contribution in [1.82, 2.24) is 5.32 Å². The number of halogens is 4. The molecule has 0 spiro atoms. The third-order valence-corrected chi connectivity index (χ3v) is 3.93. The number of rotatable bonds is 8. The molecule has 5 heteroatoms. The topological polar surface area (TPSA) is 12.0 Å². The molecule has 1 nitrogen and oxygen atoms in total. The van der Waals surface area contributed by atoms with Crippen LogP contribution in [0.25, 0.3) is 5.70 Å². The lowest BCUT2D eigenvalue weighted by atomic mass is 9.93. The van der Waals surface area contributed by atoms with E-state index in [1.54, 1.807) is 12.3 Å². The smallest absolute Gasteiger partial charge is 0.136 e. The van der Waals surface area contributed by atoms with E-state index in [1.807, 2.05) is 45.9 Å². The van der Waals surface area contributed by atoms with E-state index in [2.05, 4.69) is 5.32 Å². The zero-order chi connectivity index (χ0) is 19.7. The molecule has 0 amide bonds. The Hall–Kier alpha value is -1.58. The van der Waals surface area contributed by atoms with E-state index in [0.717, 1.165) is 29.7 Å². The van der Waals surface area contributed by atoms with E-state index in [-0.39, 0.29) is 16.0 Å². The summed E-state index contributed by atoms with van der Waals surface area (Å²) < 4.78 is 29.3. The van der Waals surface area contributed by atoms with E-state index >= 15 is 0 Å². The lowest BCUT2D eigenvalue weighted by Crippen LogP contribution is -2.14. The Kier molecular flexibility index (Phi) is 9.68. The molecule has 0 saturated carbocycles. The molecule has 0 aliphatic heterocycles. The van der Waals surface area contributed by atoms with Gasteiger partial charge in [-0.2, -0.15) is 0 Å². The molecular weight excluding hydrogens is 375 g/mol. The lowest BCUT2D eigenvalue weighted by Gasteiger charge is -2.20. The normalized spacial score (nSPS) is 14.8. The van der Waals surface area contributed by atoms with E-state index < -0.39 is 11.6 Å². The summed E-state index contributed by atoms with van der Waals surface area (Å²) in [4.78, 5) is 0. The van der Waals surface area contributed by atoms with Gasteiger partial charge in [0.15, 0.2) is 0 Å². The van der Waals surface area contributed by atoms with Crippen LogP contribution in [0.1, 0.15) is 46.1 Å². The Morgan fingerprint density at radius 1 is 1.19 bits per heavy atom. The minimum Gasteiger partial charge on any atom is -0.361 e. The molecule has 0 aromatic heterocycles. The maximum atomic E-state index is 14.6. The number of allylic oxidation sites excluding steroid dienone is 6. The summed E-state index contributed by atoms with van der Waals surface area (Å²) in [7, 11) is 0. The zero-order valence-corrected chi connectivity index (χ0v) is 17.1. The average molecular weight is 400 g/mol. The SMILES string of the molecule is C/C=C\N/C(=C(CC(C)Cl)/C(/C=C\C)=C/CC)c1c(F)cc(Cl)cc1F. The molecule has 0 saturated heterocycles. The molecule has 0 fully saturated rings. The largest absolute Gasteiger partial charge is 0.361 e. The molecule has 1 rings (SSSR count). The second-order valence-corrected chi connectivity index (χ2v) is 6.98. The van der Waals surface area contributed by atoms with Crippen LogP contribution >= 0.6 is 23.2 Å². The standard InChI is InChI=1S/C21H25Cl2F2N/c1-5-8-15(9-6-2)17(11-14(4)22)21(26-10-7-3)20-18(24)12-16(23)13-19(20)25/h5,7-10,12-14,26H,6,11H2,1-4H3/b8-5-,10-7-,15-9+,21-17+.